The van der Waals surface area contributed by atoms with Crippen LogP contribution in [0, 0.1) is 56.7 Å². The molecule has 0 amide bonds. The molecule has 0 aromatic carbocycles. The van der Waals surface area contributed by atoms with Gasteiger partial charge >= 0.3 is 0 Å². The molecular weight excluding hydrogens is 408 g/mol. The molecule has 3 N–H and O–H groups in total. The van der Waals surface area contributed by atoms with Crippen molar-refractivity contribution in [1.29, 1.82) is 0 Å². The summed E-state index contributed by atoms with van der Waals surface area (Å²) in [6, 6.07) is 0. The van der Waals surface area contributed by atoms with E-state index in [1.54, 1.807) is 0 Å². The van der Waals surface area contributed by atoms with Crippen molar-refractivity contribution in [2.75, 3.05) is 0 Å². The Balaban J connectivity index is 1.63. The molecule has 0 heterocycles. The van der Waals surface area contributed by atoms with E-state index >= 15 is 0 Å². The molecule has 33 heavy (non-hydrogen) atoms. The van der Waals surface area contributed by atoms with E-state index in [4.69, 9.17) is 0 Å². The number of rotatable bonds is 0. The number of hydrogen-bond donors (Lipinski definition) is 3. The maximum atomic E-state index is 12.0. The van der Waals surface area contributed by atoms with Crippen LogP contribution in [0.2, 0.25) is 0 Å². The van der Waals surface area contributed by atoms with E-state index in [9.17, 15) is 15.3 Å². The van der Waals surface area contributed by atoms with Crippen molar-refractivity contribution in [1.82, 2.24) is 0 Å². The summed E-state index contributed by atoms with van der Waals surface area (Å²) >= 11 is 0. The van der Waals surface area contributed by atoms with Crippen molar-refractivity contribution in [3.05, 3.63) is 11.6 Å². The summed E-state index contributed by atoms with van der Waals surface area (Å²) in [4.78, 5) is 0. The second-order valence-electron chi connectivity index (χ2n) is 14.9. The van der Waals surface area contributed by atoms with Gasteiger partial charge in [-0.3, -0.25) is 0 Å². The molecule has 0 aliphatic heterocycles. The minimum absolute atomic E-state index is 0.0442. The summed E-state index contributed by atoms with van der Waals surface area (Å²) < 4.78 is 0. The SMILES string of the molecule is C[C@H]1[C@H](C)[C@H]2C3=C[C@@H](O)[C@@H]4[C@@]5(C)CC[C@H](O)C(C)(C)[C@H]5CC[C@@]4(C)[C@]3(C)CC[C@@]2(C)C[C@H]1O. The lowest BCUT2D eigenvalue weighted by atomic mass is 9.33. The topological polar surface area (TPSA) is 60.7 Å². The third-order valence-corrected chi connectivity index (χ3v) is 13.4. The molecule has 5 aliphatic rings. The van der Waals surface area contributed by atoms with Gasteiger partial charge in [0.2, 0.25) is 0 Å². The van der Waals surface area contributed by atoms with Crippen molar-refractivity contribution < 1.29 is 15.3 Å². The molecule has 3 nitrogen and oxygen atoms in total. The minimum Gasteiger partial charge on any atom is -0.393 e. The second kappa shape index (κ2) is 7.10. The van der Waals surface area contributed by atoms with E-state index in [0.29, 0.717) is 23.7 Å². The normalized spacial score (nSPS) is 60.0. The molecule has 0 bridgehead atoms. The first-order valence-electron chi connectivity index (χ1n) is 13.9. The zero-order valence-corrected chi connectivity index (χ0v) is 22.5. The highest BCUT2D eigenvalue weighted by Gasteiger charge is 2.70. The standard InChI is InChI=1S/C30H50O3/c1-17-18(2)24-19-15-20(31)25-28(6)11-10-23(33)26(3,4)22(28)9-12-30(25,8)29(19,7)14-13-27(24,5)16-21(17)32/h15,17-18,20-25,31-33H,9-14,16H2,1-8H3/t17-,18-,20+,21+,22+,23-,24-,25+,27-,28-,29+,30+/m0/s1. The van der Waals surface area contributed by atoms with Gasteiger partial charge in [-0.25, -0.2) is 0 Å². The van der Waals surface area contributed by atoms with Gasteiger partial charge in [0.05, 0.1) is 18.3 Å². The molecule has 0 aromatic rings. The van der Waals surface area contributed by atoms with E-state index in [1.807, 2.05) is 0 Å². The minimum atomic E-state index is -0.423. The van der Waals surface area contributed by atoms with E-state index in [2.05, 4.69) is 61.5 Å². The van der Waals surface area contributed by atoms with E-state index in [0.717, 1.165) is 38.5 Å². The summed E-state index contributed by atoms with van der Waals surface area (Å²) in [6.07, 6.45) is 8.80. The Morgan fingerprint density at radius 1 is 0.818 bits per heavy atom. The fraction of sp³-hybridized carbons (Fsp3) is 0.933. The van der Waals surface area contributed by atoms with Crippen molar-refractivity contribution in [2.45, 2.75) is 119 Å². The fourth-order valence-corrected chi connectivity index (χ4v) is 11.1. The number of aliphatic hydroxyl groups is 3. The molecule has 0 saturated heterocycles. The second-order valence-corrected chi connectivity index (χ2v) is 14.9. The highest BCUT2D eigenvalue weighted by molar-refractivity contribution is 5.36. The predicted molar refractivity (Wildman–Crippen MR) is 133 cm³/mol. The van der Waals surface area contributed by atoms with Gasteiger partial charge in [0.15, 0.2) is 0 Å². The van der Waals surface area contributed by atoms with Crippen molar-refractivity contribution in [3.63, 3.8) is 0 Å². The zero-order chi connectivity index (χ0) is 24.4. The fourth-order valence-electron chi connectivity index (χ4n) is 11.1. The molecule has 0 unspecified atom stereocenters. The molecule has 0 spiro atoms. The van der Waals surface area contributed by atoms with Crippen LogP contribution in [0.25, 0.3) is 0 Å². The molecule has 188 valence electrons. The van der Waals surface area contributed by atoms with Crippen LogP contribution >= 0.6 is 0 Å². The lowest BCUT2D eigenvalue weighted by Gasteiger charge is -2.72. The van der Waals surface area contributed by atoms with Crippen LogP contribution in [0.3, 0.4) is 0 Å². The van der Waals surface area contributed by atoms with Gasteiger partial charge in [0.25, 0.3) is 0 Å². The Kier molecular flexibility index (Phi) is 5.23. The first kappa shape index (κ1) is 24.3. The van der Waals surface area contributed by atoms with E-state index < -0.39 is 6.10 Å². The van der Waals surface area contributed by atoms with Crippen molar-refractivity contribution in [2.24, 2.45) is 56.7 Å². The molecular formula is C30H50O3. The molecule has 0 aromatic heterocycles. The van der Waals surface area contributed by atoms with Gasteiger partial charge in [0.1, 0.15) is 0 Å². The van der Waals surface area contributed by atoms with Gasteiger partial charge in [0, 0.05) is 5.92 Å². The third kappa shape index (κ3) is 2.85. The van der Waals surface area contributed by atoms with Crippen LogP contribution in [-0.4, -0.2) is 33.6 Å². The molecule has 12 atom stereocenters. The quantitative estimate of drug-likeness (QED) is 0.392. The van der Waals surface area contributed by atoms with Gasteiger partial charge in [-0.1, -0.05) is 67.0 Å². The van der Waals surface area contributed by atoms with Crippen molar-refractivity contribution >= 4 is 0 Å². The molecule has 5 rings (SSSR count). The lowest BCUT2D eigenvalue weighted by molar-refractivity contribution is -0.226. The highest BCUT2D eigenvalue weighted by atomic mass is 16.3. The Bertz CT molecular complexity index is 847. The van der Waals surface area contributed by atoms with Crippen LogP contribution in [0.1, 0.15) is 100 Å². The van der Waals surface area contributed by atoms with Gasteiger partial charge in [-0.05, 0) is 95.7 Å². The number of allylic oxidation sites excluding steroid dienone is 1. The summed E-state index contributed by atoms with van der Waals surface area (Å²) in [5, 5.41) is 33.7. The van der Waals surface area contributed by atoms with Crippen LogP contribution in [0.5, 0.6) is 0 Å². The largest absolute Gasteiger partial charge is 0.393 e. The van der Waals surface area contributed by atoms with Gasteiger partial charge in [-0.2, -0.15) is 0 Å². The summed E-state index contributed by atoms with van der Waals surface area (Å²) in [7, 11) is 0. The summed E-state index contributed by atoms with van der Waals surface area (Å²) in [6.45, 7) is 19.0. The van der Waals surface area contributed by atoms with Crippen LogP contribution < -0.4 is 0 Å². The van der Waals surface area contributed by atoms with E-state index in [1.165, 1.54) is 12.0 Å². The Hall–Kier alpha value is -0.380. The molecule has 3 heteroatoms. The van der Waals surface area contributed by atoms with Gasteiger partial charge in [-0.15, -0.1) is 0 Å². The average Bonchev–Trinajstić information content (AvgIpc) is 2.71. The monoisotopic (exact) mass is 458 g/mol. The molecule has 5 aliphatic carbocycles. The number of fused-ring (bicyclic) bond motifs is 7. The highest BCUT2D eigenvalue weighted by Crippen LogP contribution is 2.75. The first-order chi connectivity index (χ1) is 15.1. The Morgan fingerprint density at radius 3 is 2.15 bits per heavy atom. The smallest absolute Gasteiger partial charge is 0.0762 e. The third-order valence-electron chi connectivity index (χ3n) is 13.4. The Labute approximate surface area is 202 Å². The maximum Gasteiger partial charge on any atom is 0.0762 e. The first-order valence-corrected chi connectivity index (χ1v) is 13.9. The number of aliphatic hydroxyl groups excluding tert-OH is 3. The van der Waals surface area contributed by atoms with Crippen molar-refractivity contribution in [3.8, 4) is 0 Å². The molecule has 4 saturated carbocycles. The van der Waals surface area contributed by atoms with E-state index in [-0.39, 0.29) is 45.2 Å². The Morgan fingerprint density at radius 2 is 1.48 bits per heavy atom. The van der Waals surface area contributed by atoms with Crippen LogP contribution in [0.15, 0.2) is 11.6 Å². The summed E-state index contributed by atoms with van der Waals surface area (Å²) in [5.41, 5.74) is 1.73. The average molecular weight is 459 g/mol. The molecule has 0 radical (unpaired) electrons. The van der Waals surface area contributed by atoms with Crippen LogP contribution in [0.4, 0.5) is 0 Å². The lowest BCUT2D eigenvalue weighted by Crippen LogP contribution is -2.67. The molecule has 4 fully saturated rings. The zero-order valence-electron chi connectivity index (χ0n) is 22.5. The number of hydrogen-bond acceptors (Lipinski definition) is 3. The summed E-state index contributed by atoms with van der Waals surface area (Å²) in [5.74, 6) is 1.83. The predicted octanol–water partition coefficient (Wildman–Crippen LogP) is 5.97. The van der Waals surface area contributed by atoms with Crippen LogP contribution in [-0.2, 0) is 0 Å². The van der Waals surface area contributed by atoms with Gasteiger partial charge < -0.3 is 15.3 Å². The maximum absolute atomic E-state index is 12.0.